The van der Waals surface area contributed by atoms with Crippen molar-refractivity contribution in [2.45, 2.75) is 6.92 Å². The van der Waals surface area contributed by atoms with Crippen molar-refractivity contribution in [1.29, 1.82) is 0 Å². The van der Waals surface area contributed by atoms with E-state index in [1.807, 2.05) is 0 Å². The Morgan fingerprint density at radius 1 is 1.60 bits per heavy atom. The minimum absolute atomic E-state index is 0.0769. The van der Waals surface area contributed by atoms with E-state index in [-0.39, 0.29) is 18.0 Å². The van der Waals surface area contributed by atoms with Crippen LogP contribution in [0.5, 0.6) is 5.75 Å². The molecule has 0 saturated heterocycles. The third-order valence-electron chi connectivity index (χ3n) is 2.11. The number of nitro benzene ring substituents is 1. The number of nitro groups is 1. The van der Waals surface area contributed by atoms with Gasteiger partial charge in [0, 0.05) is 12.0 Å². The zero-order chi connectivity index (χ0) is 11.4. The van der Waals surface area contributed by atoms with Crippen LogP contribution in [0.2, 0.25) is 0 Å². The molecule has 1 radical (unpaired) electrons. The molecule has 0 aliphatic heterocycles. The predicted molar refractivity (Wildman–Crippen MR) is 54.8 cm³/mol. The molecule has 0 atom stereocenters. The molecule has 0 amide bonds. The smallest absolute Gasteiger partial charge is 0.310 e. The SMILES string of the molecule is COc1cc([C](C)CO)ccc1[N+](=O)[O-]. The van der Waals surface area contributed by atoms with E-state index in [0.717, 1.165) is 11.5 Å². The van der Waals surface area contributed by atoms with Gasteiger partial charge in [0.05, 0.1) is 18.6 Å². The molecular weight excluding hydrogens is 198 g/mol. The van der Waals surface area contributed by atoms with E-state index in [1.54, 1.807) is 19.1 Å². The maximum Gasteiger partial charge on any atom is 0.310 e. The van der Waals surface area contributed by atoms with Gasteiger partial charge in [-0.3, -0.25) is 10.1 Å². The zero-order valence-electron chi connectivity index (χ0n) is 8.56. The summed E-state index contributed by atoms with van der Waals surface area (Å²) < 4.78 is 4.91. The van der Waals surface area contributed by atoms with E-state index in [1.165, 1.54) is 13.2 Å². The molecule has 0 aliphatic carbocycles. The first-order chi connectivity index (χ1) is 7.10. The van der Waals surface area contributed by atoms with Crippen LogP contribution in [-0.4, -0.2) is 23.7 Å². The molecule has 1 aromatic carbocycles. The molecule has 5 heteroatoms. The Hall–Kier alpha value is -1.62. The summed E-state index contributed by atoms with van der Waals surface area (Å²) in [6.45, 7) is 1.67. The highest BCUT2D eigenvalue weighted by Gasteiger charge is 2.16. The number of benzene rings is 1. The third kappa shape index (κ3) is 2.44. The minimum Gasteiger partial charge on any atom is -0.490 e. The highest BCUT2D eigenvalue weighted by atomic mass is 16.6. The molecule has 1 rings (SSSR count). The van der Waals surface area contributed by atoms with Gasteiger partial charge in [0.2, 0.25) is 0 Å². The summed E-state index contributed by atoms with van der Waals surface area (Å²) in [5.74, 6) is 0.938. The number of aliphatic hydroxyl groups is 1. The molecule has 0 aliphatic rings. The second-order valence-corrected chi connectivity index (χ2v) is 3.08. The first kappa shape index (κ1) is 11.5. The number of ether oxygens (including phenoxy) is 1. The van der Waals surface area contributed by atoms with Gasteiger partial charge < -0.3 is 9.84 Å². The van der Waals surface area contributed by atoms with Gasteiger partial charge in [-0.25, -0.2) is 0 Å². The summed E-state index contributed by atoms with van der Waals surface area (Å²) in [6, 6.07) is 4.50. The summed E-state index contributed by atoms with van der Waals surface area (Å²) in [5, 5.41) is 19.5. The summed E-state index contributed by atoms with van der Waals surface area (Å²) in [7, 11) is 1.38. The highest BCUT2D eigenvalue weighted by molar-refractivity contribution is 5.51. The number of nitrogens with zero attached hydrogens (tertiary/aromatic N) is 1. The largest absolute Gasteiger partial charge is 0.490 e. The molecule has 5 nitrogen and oxygen atoms in total. The van der Waals surface area contributed by atoms with Gasteiger partial charge in [-0.1, -0.05) is 13.0 Å². The Kier molecular flexibility index (Phi) is 3.62. The summed E-state index contributed by atoms with van der Waals surface area (Å²) >= 11 is 0. The highest BCUT2D eigenvalue weighted by Crippen LogP contribution is 2.29. The van der Waals surface area contributed by atoms with Crippen molar-refractivity contribution in [3.63, 3.8) is 0 Å². The average Bonchev–Trinajstić information content (AvgIpc) is 2.26. The number of hydrogen-bond donors (Lipinski definition) is 1. The van der Waals surface area contributed by atoms with Crippen molar-refractivity contribution in [2.75, 3.05) is 13.7 Å². The fourth-order valence-electron chi connectivity index (χ4n) is 1.19. The normalized spacial score (nSPS) is 10.4. The van der Waals surface area contributed by atoms with Crippen LogP contribution < -0.4 is 4.74 Å². The molecule has 0 spiro atoms. The Bertz CT molecular complexity index is 364. The maximum absolute atomic E-state index is 10.6. The lowest BCUT2D eigenvalue weighted by Gasteiger charge is -2.09. The third-order valence-corrected chi connectivity index (χ3v) is 2.11. The molecule has 1 aromatic rings. The van der Waals surface area contributed by atoms with Crippen molar-refractivity contribution in [3.05, 3.63) is 39.8 Å². The number of hydrogen-bond acceptors (Lipinski definition) is 4. The molecule has 1 N–H and O–H groups in total. The fraction of sp³-hybridized carbons (Fsp3) is 0.300. The minimum atomic E-state index is -0.503. The van der Waals surface area contributed by atoms with Crippen LogP contribution in [0, 0.1) is 16.0 Å². The maximum atomic E-state index is 10.6. The lowest BCUT2D eigenvalue weighted by Crippen LogP contribution is -2.01. The van der Waals surface area contributed by atoms with Crippen LogP contribution in [0.1, 0.15) is 12.5 Å². The van der Waals surface area contributed by atoms with Crippen LogP contribution in [0.25, 0.3) is 0 Å². The molecule has 15 heavy (non-hydrogen) atoms. The van der Waals surface area contributed by atoms with Gasteiger partial charge in [0.15, 0.2) is 5.75 Å². The van der Waals surface area contributed by atoms with Crippen LogP contribution in [-0.2, 0) is 0 Å². The Morgan fingerprint density at radius 2 is 2.27 bits per heavy atom. The first-order valence-corrected chi connectivity index (χ1v) is 4.36. The molecule has 81 valence electrons. The van der Waals surface area contributed by atoms with Gasteiger partial charge in [0.1, 0.15) is 0 Å². The predicted octanol–water partition coefficient (Wildman–Crippen LogP) is 1.54. The average molecular weight is 210 g/mol. The van der Waals surface area contributed by atoms with E-state index in [4.69, 9.17) is 9.84 Å². The number of methoxy groups -OCH3 is 1. The molecule has 0 fully saturated rings. The van der Waals surface area contributed by atoms with Gasteiger partial charge >= 0.3 is 5.69 Å². The monoisotopic (exact) mass is 210 g/mol. The van der Waals surface area contributed by atoms with Gasteiger partial charge in [0.25, 0.3) is 0 Å². The molecule has 0 unspecified atom stereocenters. The summed E-state index contributed by atoms with van der Waals surface area (Å²) in [6.07, 6.45) is 0. The van der Waals surface area contributed by atoms with Gasteiger partial charge in [-0.15, -0.1) is 0 Å². The molecule has 0 saturated carbocycles. The molecular formula is C10H12NO4. The zero-order valence-corrected chi connectivity index (χ0v) is 8.56. The fourth-order valence-corrected chi connectivity index (χ4v) is 1.19. The second kappa shape index (κ2) is 4.75. The van der Waals surface area contributed by atoms with Crippen molar-refractivity contribution >= 4 is 5.69 Å². The van der Waals surface area contributed by atoms with Crippen LogP contribution in [0.15, 0.2) is 18.2 Å². The van der Waals surface area contributed by atoms with E-state index < -0.39 is 4.92 Å². The van der Waals surface area contributed by atoms with E-state index in [9.17, 15) is 10.1 Å². The summed E-state index contributed by atoms with van der Waals surface area (Å²) in [4.78, 5) is 10.1. The topological polar surface area (TPSA) is 72.6 Å². The van der Waals surface area contributed by atoms with E-state index in [2.05, 4.69) is 0 Å². The molecule has 0 aromatic heterocycles. The first-order valence-electron chi connectivity index (χ1n) is 4.36. The van der Waals surface area contributed by atoms with Crippen LogP contribution >= 0.6 is 0 Å². The molecule has 0 heterocycles. The van der Waals surface area contributed by atoms with E-state index in [0.29, 0.717) is 0 Å². The number of rotatable bonds is 4. The van der Waals surface area contributed by atoms with Crippen LogP contribution in [0.4, 0.5) is 5.69 Å². The van der Waals surface area contributed by atoms with Crippen molar-refractivity contribution in [2.24, 2.45) is 0 Å². The lowest BCUT2D eigenvalue weighted by molar-refractivity contribution is -0.385. The Balaban J connectivity index is 3.13. The standard InChI is InChI=1S/C10H12NO4/c1-7(6-12)8-3-4-9(11(13)14)10(5-8)15-2/h3-5,12H,6H2,1-2H3. The number of aliphatic hydroxyl groups excluding tert-OH is 1. The molecule has 0 bridgehead atoms. The van der Waals surface area contributed by atoms with Crippen molar-refractivity contribution in [3.8, 4) is 5.75 Å². The lowest BCUT2D eigenvalue weighted by atomic mass is 10.0. The van der Waals surface area contributed by atoms with Gasteiger partial charge in [-0.05, 0) is 11.6 Å². The van der Waals surface area contributed by atoms with E-state index >= 15 is 0 Å². The summed E-state index contributed by atoms with van der Waals surface area (Å²) in [5.41, 5.74) is 0.659. The van der Waals surface area contributed by atoms with Crippen LogP contribution in [0.3, 0.4) is 0 Å². The van der Waals surface area contributed by atoms with Crippen molar-refractivity contribution in [1.82, 2.24) is 0 Å². The second-order valence-electron chi connectivity index (χ2n) is 3.08. The van der Waals surface area contributed by atoms with Crippen molar-refractivity contribution < 1.29 is 14.8 Å². The quantitative estimate of drug-likeness (QED) is 0.604. The Labute approximate surface area is 87.5 Å². The Morgan fingerprint density at radius 3 is 2.73 bits per heavy atom. The van der Waals surface area contributed by atoms with Gasteiger partial charge in [-0.2, -0.15) is 0 Å².